The summed E-state index contributed by atoms with van der Waals surface area (Å²) in [5, 5.41) is 5.29. The fourth-order valence-corrected chi connectivity index (χ4v) is 1.86. The molecule has 0 spiro atoms. The molecular weight excluding hydrogens is 258 g/mol. The van der Waals surface area contributed by atoms with Gasteiger partial charge in [-0.3, -0.25) is 9.59 Å². The molecule has 3 atom stereocenters. The molecule has 0 bridgehead atoms. The Labute approximate surface area is 120 Å². The third-order valence-electron chi connectivity index (χ3n) is 3.21. The van der Waals surface area contributed by atoms with Gasteiger partial charge in [-0.1, -0.05) is 34.1 Å². The lowest BCUT2D eigenvalue weighted by Crippen LogP contribution is -2.54. The zero-order chi connectivity index (χ0) is 15.7. The first kappa shape index (κ1) is 18.6. The number of hydrogen-bond donors (Lipinski definition) is 3. The smallest absolute Gasteiger partial charge is 0.243 e. The van der Waals surface area contributed by atoms with Gasteiger partial charge in [0.2, 0.25) is 11.8 Å². The van der Waals surface area contributed by atoms with Crippen LogP contribution in [0.25, 0.3) is 0 Å². The summed E-state index contributed by atoms with van der Waals surface area (Å²) in [5.41, 5.74) is 5.26. The van der Waals surface area contributed by atoms with E-state index in [1.54, 1.807) is 0 Å². The van der Waals surface area contributed by atoms with Crippen molar-refractivity contribution in [3.05, 3.63) is 0 Å². The van der Waals surface area contributed by atoms with Gasteiger partial charge in [-0.05, 0) is 18.3 Å². The average Bonchev–Trinajstić information content (AvgIpc) is 2.41. The first-order chi connectivity index (χ1) is 9.35. The Morgan fingerprint density at radius 3 is 2.20 bits per heavy atom. The fourth-order valence-electron chi connectivity index (χ4n) is 1.86. The SMILES string of the molecule is CC[C@H](C)[C@H](NC(=O)CN)C(=O)N[C@H](C=O)CC(C)C. The van der Waals surface area contributed by atoms with Gasteiger partial charge in [0.25, 0.3) is 0 Å². The van der Waals surface area contributed by atoms with E-state index in [1.807, 2.05) is 27.7 Å². The van der Waals surface area contributed by atoms with Crippen molar-refractivity contribution in [3.8, 4) is 0 Å². The zero-order valence-electron chi connectivity index (χ0n) is 12.8. The van der Waals surface area contributed by atoms with Crippen molar-refractivity contribution in [1.29, 1.82) is 0 Å². The molecule has 0 aliphatic carbocycles. The second-order valence-electron chi connectivity index (χ2n) is 5.52. The number of carbonyl (C=O) groups excluding carboxylic acids is 3. The Morgan fingerprint density at radius 1 is 1.20 bits per heavy atom. The summed E-state index contributed by atoms with van der Waals surface area (Å²) in [6.45, 7) is 7.60. The summed E-state index contributed by atoms with van der Waals surface area (Å²) < 4.78 is 0. The third kappa shape index (κ3) is 6.65. The van der Waals surface area contributed by atoms with Crippen LogP contribution in [-0.2, 0) is 14.4 Å². The van der Waals surface area contributed by atoms with Gasteiger partial charge in [0.15, 0.2) is 0 Å². The maximum Gasteiger partial charge on any atom is 0.243 e. The van der Waals surface area contributed by atoms with Gasteiger partial charge < -0.3 is 21.2 Å². The molecule has 0 radical (unpaired) electrons. The number of aldehydes is 1. The van der Waals surface area contributed by atoms with Crippen LogP contribution in [0.15, 0.2) is 0 Å². The van der Waals surface area contributed by atoms with Gasteiger partial charge in [0, 0.05) is 0 Å². The fraction of sp³-hybridized carbons (Fsp3) is 0.786. The van der Waals surface area contributed by atoms with Crippen molar-refractivity contribution in [2.24, 2.45) is 17.6 Å². The average molecular weight is 285 g/mol. The van der Waals surface area contributed by atoms with Crippen LogP contribution in [0.3, 0.4) is 0 Å². The molecule has 6 nitrogen and oxygen atoms in total. The molecule has 0 heterocycles. The normalized spacial score (nSPS) is 15.3. The molecule has 0 aromatic rings. The predicted octanol–water partition coefficient (Wildman–Crippen LogP) is 0.206. The highest BCUT2D eigenvalue weighted by Gasteiger charge is 2.27. The minimum absolute atomic E-state index is 0.0307. The highest BCUT2D eigenvalue weighted by Crippen LogP contribution is 2.09. The van der Waals surface area contributed by atoms with E-state index in [4.69, 9.17) is 5.73 Å². The van der Waals surface area contributed by atoms with Gasteiger partial charge in [-0.25, -0.2) is 0 Å². The van der Waals surface area contributed by atoms with E-state index in [0.717, 1.165) is 12.7 Å². The Kier molecular flexibility index (Phi) is 8.79. The molecule has 0 saturated carbocycles. The molecule has 6 heteroatoms. The summed E-state index contributed by atoms with van der Waals surface area (Å²) in [6.07, 6.45) is 2.04. The molecule has 0 aromatic carbocycles. The number of nitrogens with one attached hydrogen (secondary N) is 2. The van der Waals surface area contributed by atoms with Crippen LogP contribution in [0, 0.1) is 11.8 Å². The predicted molar refractivity (Wildman–Crippen MR) is 77.9 cm³/mol. The molecule has 4 N–H and O–H groups in total. The van der Waals surface area contributed by atoms with Crippen molar-refractivity contribution in [2.75, 3.05) is 6.54 Å². The molecule has 0 rings (SSSR count). The van der Waals surface area contributed by atoms with Crippen LogP contribution in [-0.4, -0.2) is 36.7 Å². The van der Waals surface area contributed by atoms with Crippen molar-refractivity contribution < 1.29 is 14.4 Å². The number of amides is 2. The number of carbonyl (C=O) groups is 3. The van der Waals surface area contributed by atoms with Gasteiger partial charge in [0.05, 0.1) is 12.6 Å². The minimum Gasteiger partial charge on any atom is -0.345 e. The molecular formula is C14H27N3O3. The Balaban J connectivity index is 4.76. The van der Waals surface area contributed by atoms with Crippen LogP contribution in [0.4, 0.5) is 0 Å². The number of nitrogens with two attached hydrogens (primary N) is 1. The van der Waals surface area contributed by atoms with E-state index >= 15 is 0 Å². The van der Waals surface area contributed by atoms with Crippen molar-refractivity contribution >= 4 is 18.1 Å². The van der Waals surface area contributed by atoms with Gasteiger partial charge >= 0.3 is 0 Å². The second kappa shape index (κ2) is 9.47. The molecule has 0 aliphatic rings. The van der Waals surface area contributed by atoms with Crippen LogP contribution in [0.2, 0.25) is 0 Å². The summed E-state index contributed by atoms with van der Waals surface area (Å²) in [5.74, 6) is -0.445. The topological polar surface area (TPSA) is 101 Å². The van der Waals surface area contributed by atoms with E-state index in [0.29, 0.717) is 12.3 Å². The maximum absolute atomic E-state index is 12.2. The lowest BCUT2D eigenvalue weighted by Gasteiger charge is -2.25. The summed E-state index contributed by atoms with van der Waals surface area (Å²) in [4.78, 5) is 34.6. The lowest BCUT2D eigenvalue weighted by molar-refractivity contribution is -0.131. The first-order valence-electron chi connectivity index (χ1n) is 7.10. The summed E-state index contributed by atoms with van der Waals surface area (Å²) >= 11 is 0. The third-order valence-corrected chi connectivity index (χ3v) is 3.21. The van der Waals surface area contributed by atoms with E-state index < -0.39 is 12.1 Å². The van der Waals surface area contributed by atoms with E-state index in [2.05, 4.69) is 10.6 Å². The minimum atomic E-state index is -0.661. The Hall–Kier alpha value is -1.43. The molecule has 0 fully saturated rings. The highest BCUT2D eigenvalue weighted by molar-refractivity contribution is 5.89. The molecule has 0 aromatic heterocycles. The summed E-state index contributed by atoms with van der Waals surface area (Å²) in [6, 6.07) is -1.19. The zero-order valence-corrected chi connectivity index (χ0v) is 12.8. The van der Waals surface area contributed by atoms with E-state index in [-0.39, 0.29) is 24.3 Å². The second-order valence-corrected chi connectivity index (χ2v) is 5.52. The number of hydrogen-bond acceptors (Lipinski definition) is 4. The molecule has 0 aliphatic heterocycles. The first-order valence-corrected chi connectivity index (χ1v) is 7.10. The molecule has 116 valence electrons. The van der Waals surface area contributed by atoms with Crippen molar-refractivity contribution in [2.45, 2.75) is 52.6 Å². The maximum atomic E-state index is 12.2. The quantitative estimate of drug-likeness (QED) is 0.527. The van der Waals surface area contributed by atoms with Crippen LogP contribution < -0.4 is 16.4 Å². The van der Waals surface area contributed by atoms with Crippen molar-refractivity contribution in [3.63, 3.8) is 0 Å². The highest BCUT2D eigenvalue weighted by atomic mass is 16.2. The van der Waals surface area contributed by atoms with Crippen LogP contribution >= 0.6 is 0 Å². The Bertz CT molecular complexity index is 332. The van der Waals surface area contributed by atoms with Gasteiger partial charge in [-0.2, -0.15) is 0 Å². The summed E-state index contributed by atoms with van der Waals surface area (Å²) in [7, 11) is 0. The molecule has 0 saturated heterocycles. The van der Waals surface area contributed by atoms with E-state index in [1.165, 1.54) is 0 Å². The monoisotopic (exact) mass is 285 g/mol. The van der Waals surface area contributed by atoms with Gasteiger partial charge in [0.1, 0.15) is 12.3 Å². The molecule has 2 amide bonds. The lowest BCUT2D eigenvalue weighted by atomic mass is 9.97. The van der Waals surface area contributed by atoms with Crippen LogP contribution in [0.5, 0.6) is 0 Å². The van der Waals surface area contributed by atoms with E-state index in [9.17, 15) is 14.4 Å². The van der Waals surface area contributed by atoms with Crippen molar-refractivity contribution in [1.82, 2.24) is 10.6 Å². The van der Waals surface area contributed by atoms with Gasteiger partial charge in [-0.15, -0.1) is 0 Å². The Morgan fingerprint density at radius 2 is 1.80 bits per heavy atom. The number of rotatable bonds is 9. The molecule has 20 heavy (non-hydrogen) atoms. The largest absolute Gasteiger partial charge is 0.345 e. The molecule has 0 unspecified atom stereocenters. The standard InChI is InChI=1S/C14H27N3O3/c1-5-10(4)13(17-12(19)7-15)14(20)16-11(8-18)6-9(2)3/h8-11,13H,5-7,15H2,1-4H3,(H,16,20)(H,17,19)/t10-,11-,13-/m0/s1. The van der Waals surface area contributed by atoms with Crippen LogP contribution in [0.1, 0.15) is 40.5 Å².